The van der Waals surface area contributed by atoms with E-state index in [9.17, 15) is 4.79 Å². The van der Waals surface area contributed by atoms with Gasteiger partial charge in [0.15, 0.2) is 5.65 Å². The summed E-state index contributed by atoms with van der Waals surface area (Å²) in [6, 6.07) is 14.8. The third-order valence-electron chi connectivity index (χ3n) is 4.91. The molecule has 0 aliphatic carbocycles. The number of nitriles is 1. The van der Waals surface area contributed by atoms with Gasteiger partial charge in [-0.15, -0.1) is 0 Å². The van der Waals surface area contributed by atoms with Crippen molar-refractivity contribution >= 4 is 22.2 Å². The summed E-state index contributed by atoms with van der Waals surface area (Å²) >= 11 is 0. The zero-order chi connectivity index (χ0) is 20.7. The molecular weight excluding hydrogens is 382 g/mol. The van der Waals surface area contributed by atoms with Crippen LogP contribution >= 0.6 is 0 Å². The number of rotatable bonds is 4. The van der Waals surface area contributed by atoms with E-state index < -0.39 is 0 Å². The lowest BCUT2D eigenvalue weighted by Crippen LogP contribution is -2.18. The van der Waals surface area contributed by atoms with Gasteiger partial charge in [-0.25, -0.2) is 14.8 Å². The number of benzene rings is 2. The van der Waals surface area contributed by atoms with E-state index in [4.69, 9.17) is 10.00 Å². The molecule has 0 atom stereocenters. The number of nitrogens with one attached hydrogen (secondary N) is 1. The van der Waals surface area contributed by atoms with E-state index >= 15 is 0 Å². The number of hydrogen-bond donors (Lipinski definition) is 1. The minimum Gasteiger partial charge on any atom is -0.496 e. The average Bonchev–Trinajstić information content (AvgIpc) is 3.34. The number of hydrogen-bond acceptors (Lipinski definition) is 6. The highest BCUT2D eigenvalue weighted by molar-refractivity contribution is 5.79. The zero-order valence-electron chi connectivity index (χ0n) is 15.9. The smallest absolute Gasteiger partial charge is 0.328 e. The number of imidazole rings is 2. The fraction of sp³-hybridized carbons (Fsp3) is 0.0952. The van der Waals surface area contributed by atoms with Crippen molar-refractivity contribution in [3.8, 4) is 17.8 Å². The molecule has 2 aromatic carbocycles. The summed E-state index contributed by atoms with van der Waals surface area (Å²) in [5.74, 6) is 1.07. The van der Waals surface area contributed by atoms with E-state index in [0.29, 0.717) is 40.5 Å². The maximum atomic E-state index is 12.6. The Morgan fingerprint density at radius 2 is 2.07 bits per heavy atom. The highest BCUT2D eigenvalue weighted by atomic mass is 16.5. The number of aromatic nitrogens is 6. The molecule has 0 fully saturated rings. The van der Waals surface area contributed by atoms with Crippen molar-refractivity contribution in [3.63, 3.8) is 0 Å². The van der Waals surface area contributed by atoms with Crippen LogP contribution in [0.3, 0.4) is 0 Å². The van der Waals surface area contributed by atoms with Gasteiger partial charge in [-0.05, 0) is 24.3 Å². The van der Waals surface area contributed by atoms with E-state index in [1.165, 1.54) is 0 Å². The van der Waals surface area contributed by atoms with Crippen molar-refractivity contribution in [2.45, 2.75) is 6.54 Å². The molecule has 9 heteroatoms. The van der Waals surface area contributed by atoms with Crippen LogP contribution in [-0.4, -0.2) is 36.2 Å². The predicted octanol–water partition coefficient (Wildman–Crippen LogP) is 2.39. The number of ether oxygens (including phenoxy) is 1. The van der Waals surface area contributed by atoms with Gasteiger partial charge in [0.2, 0.25) is 5.95 Å². The second kappa shape index (κ2) is 6.86. The lowest BCUT2D eigenvalue weighted by atomic mass is 10.2. The molecule has 5 rings (SSSR count). The third-order valence-corrected chi connectivity index (χ3v) is 4.91. The number of methoxy groups -OCH3 is 1. The Balaban J connectivity index is 1.64. The summed E-state index contributed by atoms with van der Waals surface area (Å²) in [7, 11) is 1.60. The SMILES string of the molecule is COc1ccccc1Cn1c(=O)[nH]c2cnc(-n3cnc4cc(C#N)ccc43)nc21. The van der Waals surface area contributed by atoms with Crippen LogP contribution in [0.1, 0.15) is 11.1 Å². The summed E-state index contributed by atoms with van der Waals surface area (Å²) in [5, 5.41) is 9.08. The first-order valence-corrected chi connectivity index (χ1v) is 9.13. The fourth-order valence-electron chi connectivity index (χ4n) is 3.44. The highest BCUT2D eigenvalue weighted by Gasteiger charge is 2.14. The Labute approximate surface area is 169 Å². The monoisotopic (exact) mass is 397 g/mol. The number of para-hydroxylation sites is 1. The van der Waals surface area contributed by atoms with Gasteiger partial charge < -0.3 is 9.72 Å². The number of fused-ring (bicyclic) bond motifs is 2. The number of nitrogens with zero attached hydrogens (tertiary/aromatic N) is 6. The Kier molecular flexibility index (Phi) is 4.03. The molecule has 0 aliphatic heterocycles. The van der Waals surface area contributed by atoms with E-state index in [2.05, 4.69) is 26.0 Å². The van der Waals surface area contributed by atoms with E-state index in [0.717, 1.165) is 11.1 Å². The maximum absolute atomic E-state index is 12.6. The minimum atomic E-state index is -0.281. The summed E-state index contributed by atoms with van der Waals surface area (Å²) in [5.41, 5.74) is 3.55. The van der Waals surface area contributed by atoms with Crippen molar-refractivity contribution in [2.24, 2.45) is 0 Å². The van der Waals surface area contributed by atoms with Crippen LogP contribution in [-0.2, 0) is 6.54 Å². The first-order chi connectivity index (χ1) is 14.7. The second-order valence-electron chi connectivity index (χ2n) is 6.67. The van der Waals surface area contributed by atoms with Crippen LogP contribution in [0.15, 0.2) is 59.8 Å². The van der Waals surface area contributed by atoms with Crippen molar-refractivity contribution in [2.75, 3.05) is 7.11 Å². The molecule has 146 valence electrons. The molecule has 3 aromatic heterocycles. The molecular formula is C21H15N7O2. The van der Waals surface area contributed by atoms with Gasteiger partial charge in [0.25, 0.3) is 0 Å². The van der Waals surface area contributed by atoms with Gasteiger partial charge >= 0.3 is 5.69 Å². The number of H-pyrrole nitrogens is 1. The predicted molar refractivity (Wildman–Crippen MR) is 110 cm³/mol. The van der Waals surface area contributed by atoms with E-state index in [1.807, 2.05) is 24.3 Å². The standard InChI is InChI=1S/C21H15N7O2/c1-30-18-5-3-2-4-14(18)11-27-19-16(25-21(27)29)10-23-20(26-19)28-12-24-15-8-13(9-22)6-7-17(15)28/h2-8,10,12H,11H2,1H3,(H,25,29). The van der Waals surface area contributed by atoms with Crippen LogP contribution in [0.5, 0.6) is 5.75 Å². The quantitative estimate of drug-likeness (QED) is 0.498. The second-order valence-corrected chi connectivity index (χ2v) is 6.67. The van der Waals surface area contributed by atoms with Crippen LogP contribution in [0.4, 0.5) is 0 Å². The van der Waals surface area contributed by atoms with Gasteiger partial charge in [-0.2, -0.15) is 10.2 Å². The van der Waals surface area contributed by atoms with Crippen molar-refractivity contribution < 1.29 is 4.74 Å². The van der Waals surface area contributed by atoms with Gasteiger partial charge in [-0.1, -0.05) is 18.2 Å². The molecule has 1 N–H and O–H groups in total. The zero-order valence-corrected chi connectivity index (χ0v) is 15.9. The van der Waals surface area contributed by atoms with Crippen molar-refractivity contribution in [1.29, 1.82) is 5.26 Å². The average molecular weight is 397 g/mol. The molecule has 0 unspecified atom stereocenters. The lowest BCUT2D eigenvalue weighted by molar-refractivity contribution is 0.408. The van der Waals surface area contributed by atoms with Crippen LogP contribution in [0.2, 0.25) is 0 Å². The Morgan fingerprint density at radius 3 is 2.90 bits per heavy atom. The molecule has 0 saturated heterocycles. The molecule has 0 aliphatic rings. The molecule has 0 amide bonds. The van der Waals surface area contributed by atoms with Gasteiger partial charge in [0, 0.05) is 5.56 Å². The summed E-state index contributed by atoms with van der Waals surface area (Å²) < 4.78 is 8.67. The third kappa shape index (κ3) is 2.79. The molecule has 5 aromatic rings. The molecule has 0 saturated carbocycles. The Bertz CT molecular complexity index is 1500. The van der Waals surface area contributed by atoms with Crippen molar-refractivity contribution in [1.82, 2.24) is 29.1 Å². The maximum Gasteiger partial charge on any atom is 0.328 e. The fourth-order valence-corrected chi connectivity index (χ4v) is 3.44. The van der Waals surface area contributed by atoms with E-state index in [-0.39, 0.29) is 5.69 Å². The van der Waals surface area contributed by atoms with Gasteiger partial charge in [-0.3, -0.25) is 9.13 Å². The van der Waals surface area contributed by atoms with Gasteiger partial charge in [0.05, 0.1) is 42.5 Å². The molecule has 9 nitrogen and oxygen atoms in total. The normalized spacial score (nSPS) is 11.1. The van der Waals surface area contributed by atoms with Crippen LogP contribution in [0.25, 0.3) is 28.1 Å². The Hall–Kier alpha value is -4.45. The Morgan fingerprint density at radius 1 is 1.20 bits per heavy atom. The van der Waals surface area contributed by atoms with Crippen molar-refractivity contribution in [3.05, 3.63) is 76.6 Å². The first kappa shape index (κ1) is 17.6. The van der Waals surface area contributed by atoms with Crippen LogP contribution < -0.4 is 10.4 Å². The molecule has 0 spiro atoms. The topological polar surface area (TPSA) is 114 Å². The first-order valence-electron chi connectivity index (χ1n) is 9.13. The van der Waals surface area contributed by atoms with Crippen LogP contribution in [0, 0.1) is 11.3 Å². The highest BCUT2D eigenvalue weighted by Crippen LogP contribution is 2.21. The molecule has 3 heterocycles. The summed E-state index contributed by atoms with van der Waals surface area (Å²) in [4.78, 5) is 28.7. The van der Waals surface area contributed by atoms with E-state index in [1.54, 1.807) is 47.0 Å². The molecule has 30 heavy (non-hydrogen) atoms. The van der Waals surface area contributed by atoms with Gasteiger partial charge in [0.1, 0.15) is 17.6 Å². The molecule has 0 radical (unpaired) electrons. The largest absolute Gasteiger partial charge is 0.496 e. The summed E-state index contributed by atoms with van der Waals surface area (Å²) in [6.45, 7) is 0.301. The minimum absolute atomic E-state index is 0.281. The number of aromatic amines is 1. The lowest BCUT2D eigenvalue weighted by Gasteiger charge is -2.09. The summed E-state index contributed by atoms with van der Waals surface area (Å²) in [6.07, 6.45) is 3.18. The molecule has 0 bridgehead atoms.